The highest BCUT2D eigenvalue weighted by Gasteiger charge is 2.10. The summed E-state index contributed by atoms with van der Waals surface area (Å²) in [6.07, 6.45) is 1.02. The zero-order valence-corrected chi connectivity index (χ0v) is 9.62. The molecule has 1 aromatic rings. The molecule has 1 aromatic carbocycles. The van der Waals surface area contributed by atoms with E-state index < -0.39 is 0 Å². The van der Waals surface area contributed by atoms with Crippen molar-refractivity contribution in [1.29, 1.82) is 0 Å². The van der Waals surface area contributed by atoms with E-state index in [9.17, 15) is 0 Å². The maximum Gasteiger partial charge on any atom is 0.122 e. The number of ether oxygens (including phenoxy) is 2. The number of hydrogen-bond acceptors (Lipinski definition) is 3. The standard InChI is InChI=1S/C12H19NO2/c1-4-9(8-13)10-5-11(14-2)7-12(6-10)15-3/h5-7,9H,4,8,13H2,1-3H3. The Hall–Kier alpha value is -1.22. The van der Waals surface area contributed by atoms with Gasteiger partial charge in [-0.2, -0.15) is 0 Å². The van der Waals surface area contributed by atoms with E-state index in [-0.39, 0.29) is 0 Å². The van der Waals surface area contributed by atoms with Crippen molar-refractivity contribution in [3.05, 3.63) is 23.8 Å². The van der Waals surface area contributed by atoms with Crippen molar-refractivity contribution in [2.45, 2.75) is 19.3 Å². The summed E-state index contributed by atoms with van der Waals surface area (Å²) in [4.78, 5) is 0. The molecule has 0 aliphatic rings. The van der Waals surface area contributed by atoms with Gasteiger partial charge in [-0.15, -0.1) is 0 Å². The Morgan fingerprint density at radius 2 is 1.67 bits per heavy atom. The highest BCUT2D eigenvalue weighted by Crippen LogP contribution is 2.28. The van der Waals surface area contributed by atoms with E-state index in [0.29, 0.717) is 12.5 Å². The zero-order valence-electron chi connectivity index (χ0n) is 9.62. The molecule has 0 aliphatic carbocycles. The number of hydrogen-bond donors (Lipinski definition) is 1. The maximum atomic E-state index is 5.72. The molecule has 0 amide bonds. The van der Waals surface area contributed by atoms with Crippen LogP contribution in [0.25, 0.3) is 0 Å². The minimum absolute atomic E-state index is 0.369. The average Bonchev–Trinajstić information content (AvgIpc) is 2.30. The molecule has 0 spiro atoms. The number of rotatable bonds is 5. The van der Waals surface area contributed by atoms with Gasteiger partial charge in [0.05, 0.1) is 14.2 Å². The van der Waals surface area contributed by atoms with E-state index in [0.717, 1.165) is 17.9 Å². The van der Waals surface area contributed by atoms with Crippen LogP contribution in [0.5, 0.6) is 11.5 Å². The SMILES string of the molecule is CCC(CN)c1cc(OC)cc(OC)c1. The second kappa shape index (κ2) is 5.61. The smallest absolute Gasteiger partial charge is 0.122 e. The molecule has 0 bridgehead atoms. The molecular formula is C12H19NO2. The largest absolute Gasteiger partial charge is 0.497 e. The predicted octanol–water partition coefficient (Wildman–Crippen LogP) is 2.16. The first-order valence-electron chi connectivity index (χ1n) is 5.18. The van der Waals surface area contributed by atoms with Gasteiger partial charge in [-0.25, -0.2) is 0 Å². The number of nitrogens with two attached hydrogens (primary N) is 1. The third-order valence-corrected chi connectivity index (χ3v) is 2.62. The fraction of sp³-hybridized carbons (Fsp3) is 0.500. The van der Waals surface area contributed by atoms with Gasteiger partial charge in [0.2, 0.25) is 0 Å². The van der Waals surface area contributed by atoms with E-state index >= 15 is 0 Å². The van der Waals surface area contributed by atoms with Gasteiger partial charge in [-0.3, -0.25) is 0 Å². The molecule has 0 heterocycles. The molecular weight excluding hydrogens is 190 g/mol. The van der Waals surface area contributed by atoms with E-state index in [4.69, 9.17) is 15.2 Å². The van der Waals surface area contributed by atoms with Gasteiger partial charge in [0.1, 0.15) is 11.5 Å². The van der Waals surface area contributed by atoms with E-state index in [1.165, 1.54) is 5.56 Å². The van der Waals surface area contributed by atoms with E-state index in [1.54, 1.807) is 14.2 Å². The Morgan fingerprint density at radius 1 is 1.13 bits per heavy atom. The van der Waals surface area contributed by atoms with Crippen LogP contribution in [0.15, 0.2) is 18.2 Å². The Morgan fingerprint density at radius 3 is 2.00 bits per heavy atom. The Kier molecular flexibility index (Phi) is 4.43. The Bertz CT molecular complexity index is 286. The highest BCUT2D eigenvalue weighted by molar-refractivity contribution is 5.40. The maximum absolute atomic E-state index is 5.72. The van der Waals surface area contributed by atoms with Crippen molar-refractivity contribution in [1.82, 2.24) is 0 Å². The Balaban J connectivity index is 3.05. The van der Waals surface area contributed by atoms with Gasteiger partial charge in [-0.05, 0) is 36.6 Å². The van der Waals surface area contributed by atoms with Crippen molar-refractivity contribution < 1.29 is 9.47 Å². The van der Waals surface area contributed by atoms with Crippen LogP contribution in [0, 0.1) is 0 Å². The lowest BCUT2D eigenvalue weighted by Gasteiger charge is -2.15. The molecule has 2 N–H and O–H groups in total. The minimum Gasteiger partial charge on any atom is -0.497 e. The monoisotopic (exact) mass is 209 g/mol. The van der Waals surface area contributed by atoms with Crippen molar-refractivity contribution >= 4 is 0 Å². The fourth-order valence-electron chi connectivity index (χ4n) is 1.60. The van der Waals surface area contributed by atoms with Gasteiger partial charge in [0.15, 0.2) is 0 Å². The molecule has 1 atom stereocenters. The normalized spacial score (nSPS) is 12.3. The molecule has 1 rings (SSSR count). The second-order valence-electron chi connectivity index (χ2n) is 3.49. The third-order valence-electron chi connectivity index (χ3n) is 2.62. The summed E-state index contributed by atoms with van der Waals surface area (Å²) in [6.45, 7) is 2.77. The highest BCUT2D eigenvalue weighted by atomic mass is 16.5. The van der Waals surface area contributed by atoms with Gasteiger partial charge in [0, 0.05) is 6.07 Å². The first-order valence-corrected chi connectivity index (χ1v) is 5.18. The van der Waals surface area contributed by atoms with Crippen LogP contribution < -0.4 is 15.2 Å². The third kappa shape index (κ3) is 2.86. The van der Waals surface area contributed by atoms with Crippen LogP contribution in [0.3, 0.4) is 0 Å². The molecule has 84 valence electrons. The Labute approximate surface area is 91.2 Å². The fourth-order valence-corrected chi connectivity index (χ4v) is 1.60. The topological polar surface area (TPSA) is 44.5 Å². The molecule has 0 aromatic heterocycles. The van der Waals surface area contributed by atoms with Crippen LogP contribution in [0.1, 0.15) is 24.8 Å². The molecule has 0 aliphatic heterocycles. The number of benzene rings is 1. The minimum atomic E-state index is 0.369. The lowest BCUT2D eigenvalue weighted by Crippen LogP contribution is -2.11. The quantitative estimate of drug-likeness (QED) is 0.808. The van der Waals surface area contributed by atoms with Gasteiger partial charge in [-0.1, -0.05) is 6.92 Å². The summed E-state index contributed by atoms with van der Waals surface area (Å²) in [7, 11) is 3.31. The van der Waals surface area contributed by atoms with Crippen LogP contribution >= 0.6 is 0 Å². The van der Waals surface area contributed by atoms with E-state index in [1.807, 2.05) is 18.2 Å². The van der Waals surface area contributed by atoms with Crippen LogP contribution in [-0.4, -0.2) is 20.8 Å². The molecule has 0 saturated carbocycles. The molecule has 1 unspecified atom stereocenters. The summed E-state index contributed by atoms with van der Waals surface area (Å²) >= 11 is 0. The second-order valence-corrected chi connectivity index (χ2v) is 3.49. The van der Waals surface area contributed by atoms with E-state index in [2.05, 4.69) is 6.92 Å². The summed E-state index contributed by atoms with van der Waals surface area (Å²) in [6, 6.07) is 5.90. The van der Waals surface area contributed by atoms with Crippen LogP contribution in [0.2, 0.25) is 0 Å². The first-order chi connectivity index (χ1) is 7.24. The molecule has 3 heteroatoms. The summed E-state index contributed by atoms with van der Waals surface area (Å²) in [5, 5.41) is 0. The first kappa shape index (κ1) is 11.9. The van der Waals surface area contributed by atoms with Crippen molar-refractivity contribution in [3.8, 4) is 11.5 Å². The van der Waals surface area contributed by atoms with Gasteiger partial charge >= 0.3 is 0 Å². The number of methoxy groups -OCH3 is 2. The zero-order chi connectivity index (χ0) is 11.3. The molecule has 15 heavy (non-hydrogen) atoms. The van der Waals surface area contributed by atoms with Crippen molar-refractivity contribution in [2.24, 2.45) is 5.73 Å². The van der Waals surface area contributed by atoms with Crippen LogP contribution in [0.4, 0.5) is 0 Å². The summed E-state index contributed by atoms with van der Waals surface area (Å²) in [5.74, 6) is 2.00. The molecule has 0 saturated heterocycles. The average molecular weight is 209 g/mol. The van der Waals surface area contributed by atoms with Gasteiger partial charge in [0.25, 0.3) is 0 Å². The predicted molar refractivity (Wildman–Crippen MR) is 61.6 cm³/mol. The van der Waals surface area contributed by atoms with Crippen LogP contribution in [-0.2, 0) is 0 Å². The molecule has 0 fully saturated rings. The molecule has 0 radical (unpaired) electrons. The lowest BCUT2D eigenvalue weighted by molar-refractivity contribution is 0.392. The summed E-state index contributed by atoms with van der Waals surface area (Å²) < 4.78 is 10.4. The van der Waals surface area contributed by atoms with Crippen molar-refractivity contribution in [2.75, 3.05) is 20.8 Å². The van der Waals surface area contributed by atoms with Crippen molar-refractivity contribution in [3.63, 3.8) is 0 Å². The summed E-state index contributed by atoms with van der Waals surface area (Å²) in [5.41, 5.74) is 6.89. The van der Waals surface area contributed by atoms with Gasteiger partial charge < -0.3 is 15.2 Å². The lowest BCUT2D eigenvalue weighted by atomic mass is 9.96. The molecule has 3 nitrogen and oxygen atoms in total.